The summed E-state index contributed by atoms with van der Waals surface area (Å²) in [5.41, 5.74) is -1.27. The van der Waals surface area contributed by atoms with Crippen LogP contribution >= 0.6 is 0 Å². The van der Waals surface area contributed by atoms with Gasteiger partial charge in [-0.2, -0.15) is 0 Å². The summed E-state index contributed by atoms with van der Waals surface area (Å²) in [4.78, 5) is 13.8. The number of allylic oxidation sites excluding steroid dienone is 1. The van der Waals surface area contributed by atoms with Crippen LogP contribution in [0.5, 0.6) is 0 Å². The first-order chi connectivity index (χ1) is 15.1. The van der Waals surface area contributed by atoms with Crippen molar-refractivity contribution >= 4 is 5.78 Å². The highest BCUT2D eigenvalue weighted by Gasteiger charge is 2.87. The van der Waals surface area contributed by atoms with E-state index in [0.717, 1.165) is 25.0 Å². The summed E-state index contributed by atoms with van der Waals surface area (Å²) >= 11 is 0. The summed E-state index contributed by atoms with van der Waals surface area (Å²) < 4.78 is 18.4. The Balaban J connectivity index is 1.62. The van der Waals surface area contributed by atoms with Crippen LogP contribution in [0.3, 0.4) is 0 Å². The van der Waals surface area contributed by atoms with Gasteiger partial charge in [0.1, 0.15) is 17.3 Å². The van der Waals surface area contributed by atoms with E-state index in [1.54, 1.807) is 0 Å². The molecule has 0 aromatic rings. The Kier molecular flexibility index (Phi) is 4.16. The lowest BCUT2D eigenvalue weighted by Gasteiger charge is -2.73. The molecule has 32 heavy (non-hydrogen) atoms. The summed E-state index contributed by atoms with van der Waals surface area (Å²) in [5.74, 6) is -2.95. The number of ether oxygens (including phenoxy) is 3. The fraction of sp³-hybridized carbons (Fsp3) is 0.800. The van der Waals surface area contributed by atoms with E-state index < -0.39 is 40.7 Å². The number of hydrogen-bond donors (Lipinski definition) is 3. The molecule has 7 aliphatic rings. The number of aliphatic hydroxyl groups is 3. The first-order valence-corrected chi connectivity index (χ1v) is 12.0. The van der Waals surface area contributed by atoms with Crippen molar-refractivity contribution in [3.63, 3.8) is 0 Å². The van der Waals surface area contributed by atoms with E-state index in [1.807, 2.05) is 6.92 Å². The maximum atomic E-state index is 13.8. The number of carbonyl (C=O) groups excluding carboxylic acids is 1. The first kappa shape index (κ1) is 21.3. The molecule has 176 valence electrons. The molecule has 3 aliphatic heterocycles. The van der Waals surface area contributed by atoms with Crippen molar-refractivity contribution in [2.24, 2.45) is 34.0 Å². The zero-order chi connectivity index (χ0) is 22.8. The van der Waals surface area contributed by atoms with Crippen molar-refractivity contribution in [1.82, 2.24) is 0 Å². The molecule has 5 fully saturated rings. The van der Waals surface area contributed by atoms with E-state index in [1.165, 1.54) is 5.57 Å². The van der Waals surface area contributed by atoms with Gasteiger partial charge in [0, 0.05) is 24.9 Å². The van der Waals surface area contributed by atoms with Gasteiger partial charge in [-0.3, -0.25) is 4.79 Å². The van der Waals surface area contributed by atoms with Gasteiger partial charge < -0.3 is 29.5 Å². The average Bonchev–Trinajstić information content (AvgIpc) is 2.84. The van der Waals surface area contributed by atoms with Crippen LogP contribution in [-0.2, 0) is 19.0 Å². The van der Waals surface area contributed by atoms with Crippen molar-refractivity contribution in [3.05, 3.63) is 23.5 Å². The molecule has 7 rings (SSSR count). The monoisotopic (exact) mass is 446 g/mol. The van der Waals surface area contributed by atoms with Crippen molar-refractivity contribution in [1.29, 1.82) is 0 Å². The standard InChI is InChI=1S/C25H34O7/c1-5-30-16-9-6-13-10-22(3,4)17-20(28)25(29)24-15(23(17,11-31-25)21(13)32-16)8-7-14(19(24)27)12(2)18(24)26/h14-17,19-20,27-29H,2,5-11H2,1,3-4H3/t14-,15-,16-,17+,19?,20-,23-,24-,25+/m0/s1. The second-order valence-corrected chi connectivity index (χ2v) is 11.5. The van der Waals surface area contributed by atoms with Gasteiger partial charge in [-0.25, -0.2) is 0 Å². The zero-order valence-corrected chi connectivity index (χ0v) is 19.1. The molecule has 3 N–H and O–H groups in total. The molecular weight excluding hydrogens is 412 g/mol. The number of fused-ring (bicyclic) bond motifs is 2. The van der Waals surface area contributed by atoms with Gasteiger partial charge in [-0.05, 0) is 55.1 Å². The van der Waals surface area contributed by atoms with E-state index in [-0.39, 0.29) is 30.0 Å². The number of Topliss-reactive ketones (excluding diaryl/α,β-unsaturated/α-hetero) is 1. The predicted molar refractivity (Wildman–Crippen MR) is 113 cm³/mol. The first-order valence-electron chi connectivity index (χ1n) is 12.0. The summed E-state index contributed by atoms with van der Waals surface area (Å²) in [6.45, 7) is 10.8. The van der Waals surface area contributed by atoms with Gasteiger partial charge in [0.15, 0.2) is 12.1 Å². The molecule has 0 aromatic carbocycles. The number of rotatable bonds is 2. The molecule has 7 nitrogen and oxygen atoms in total. The highest BCUT2D eigenvalue weighted by Crippen LogP contribution is 2.77. The number of carbonyl (C=O) groups is 1. The normalized spacial score (nSPS) is 52.9. The zero-order valence-electron chi connectivity index (χ0n) is 19.1. The maximum absolute atomic E-state index is 13.8. The van der Waals surface area contributed by atoms with E-state index >= 15 is 0 Å². The van der Waals surface area contributed by atoms with Gasteiger partial charge >= 0.3 is 0 Å². The van der Waals surface area contributed by atoms with Crippen LogP contribution in [0.25, 0.3) is 0 Å². The van der Waals surface area contributed by atoms with Crippen molar-refractivity contribution in [2.45, 2.75) is 77.2 Å². The molecule has 0 radical (unpaired) electrons. The Morgan fingerprint density at radius 2 is 1.94 bits per heavy atom. The highest BCUT2D eigenvalue weighted by atomic mass is 16.7. The number of aliphatic hydroxyl groups excluding tert-OH is 2. The second kappa shape index (κ2) is 6.25. The minimum atomic E-state index is -2.15. The van der Waals surface area contributed by atoms with Crippen LogP contribution in [0, 0.1) is 34.0 Å². The van der Waals surface area contributed by atoms with E-state index in [0.29, 0.717) is 25.0 Å². The van der Waals surface area contributed by atoms with Gasteiger partial charge in [-0.15, -0.1) is 0 Å². The van der Waals surface area contributed by atoms with Crippen LogP contribution in [0.1, 0.15) is 52.9 Å². The Morgan fingerprint density at radius 3 is 2.66 bits per heavy atom. The van der Waals surface area contributed by atoms with E-state index in [2.05, 4.69) is 20.4 Å². The largest absolute Gasteiger partial charge is 0.469 e. The molecule has 3 saturated carbocycles. The van der Waals surface area contributed by atoms with Crippen LogP contribution in [0.15, 0.2) is 23.5 Å². The third-order valence-electron chi connectivity index (χ3n) is 9.83. The van der Waals surface area contributed by atoms with Gasteiger partial charge in [-0.1, -0.05) is 20.4 Å². The lowest BCUT2D eigenvalue weighted by Crippen LogP contribution is -2.84. The summed E-state index contributed by atoms with van der Waals surface area (Å²) in [5, 5.41) is 35.2. The van der Waals surface area contributed by atoms with Crippen molar-refractivity contribution in [3.8, 4) is 0 Å². The Labute approximate surface area is 188 Å². The molecule has 0 aromatic heterocycles. The summed E-state index contributed by atoms with van der Waals surface area (Å²) in [7, 11) is 0. The van der Waals surface area contributed by atoms with Crippen LogP contribution < -0.4 is 0 Å². The molecule has 0 amide bonds. The number of ketones is 1. The molecule has 4 aliphatic carbocycles. The van der Waals surface area contributed by atoms with E-state index in [4.69, 9.17) is 14.2 Å². The Hall–Kier alpha value is -1.25. The molecule has 4 bridgehead atoms. The molecule has 3 heterocycles. The van der Waals surface area contributed by atoms with Crippen LogP contribution in [0.4, 0.5) is 0 Å². The van der Waals surface area contributed by atoms with Crippen LogP contribution in [0.2, 0.25) is 0 Å². The Bertz CT molecular complexity index is 939. The third-order valence-corrected chi connectivity index (χ3v) is 9.83. The Morgan fingerprint density at radius 1 is 1.19 bits per heavy atom. The molecule has 2 saturated heterocycles. The average molecular weight is 447 g/mol. The summed E-state index contributed by atoms with van der Waals surface area (Å²) in [6.07, 6.45) is 0.716. The van der Waals surface area contributed by atoms with E-state index in [9.17, 15) is 20.1 Å². The molecule has 1 unspecified atom stereocenters. The van der Waals surface area contributed by atoms with Crippen molar-refractivity contribution in [2.75, 3.05) is 13.2 Å². The van der Waals surface area contributed by atoms with Crippen LogP contribution in [-0.4, -0.2) is 58.6 Å². The molecule has 2 spiro atoms. The highest BCUT2D eigenvalue weighted by molar-refractivity contribution is 6.05. The SMILES string of the molecule is C=C1C(=O)[C@]23C(O)[C@H]1CC[C@H]2[C@@]12CO[C@]3(O)[C@@H](O)[C@@H]1C(C)(C)CC1=C2O[C@H](OCC)CC1. The lowest BCUT2D eigenvalue weighted by atomic mass is 9.36. The fourth-order valence-corrected chi connectivity index (χ4v) is 8.97. The quantitative estimate of drug-likeness (QED) is 0.558. The van der Waals surface area contributed by atoms with Gasteiger partial charge in [0.2, 0.25) is 5.79 Å². The maximum Gasteiger partial charge on any atom is 0.208 e. The minimum absolute atomic E-state index is 0.149. The second-order valence-electron chi connectivity index (χ2n) is 11.5. The van der Waals surface area contributed by atoms with Gasteiger partial charge in [0.05, 0.1) is 18.1 Å². The number of hydrogen-bond acceptors (Lipinski definition) is 7. The lowest BCUT2D eigenvalue weighted by molar-refractivity contribution is -0.444. The molecular formula is C25H34O7. The molecule has 9 atom stereocenters. The third kappa shape index (κ3) is 2.02. The molecule has 7 heteroatoms. The smallest absolute Gasteiger partial charge is 0.208 e. The van der Waals surface area contributed by atoms with Crippen molar-refractivity contribution < 1.29 is 34.3 Å². The predicted octanol–water partition coefficient (Wildman–Crippen LogP) is 2.05. The fourth-order valence-electron chi connectivity index (χ4n) is 8.97. The van der Waals surface area contributed by atoms with Gasteiger partial charge in [0.25, 0.3) is 0 Å². The summed E-state index contributed by atoms with van der Waals surface area (Å²) in [6, 6.07) is 0. The topological polar surface area (TPSA) is 105 Å². The minimum Gasteiger partial charge on any atom is -0.469 e.